The lowest BCUT2D eigenvalue weighted by atomic mass is 9.93. The molecule has 0 spiro atoms. The second-order valence-electron chi connectivity index (χ2n) is 3.39. The van der Waals surface area contributed by atoms with Crippen molar-refractivity contribution in [2.45, 2.75) is 18.9 Å². The highest BCUT2D eigenvalue weighted by Gasteiger charge is 2.27. The molecule has 0 heterocycles. The Hall–Kier alpha value is -0.380. The molecule has 1 rings (SSSR count). The SMILES string of the molecule is COC(C)(CCO)c1ccccc1Br. The van der Waals surface area contributed by atoms with E-state index < -0.39 is 5.60 Å². The Morgan fingerprint density at radius 2 is 2.07 bits per heavy atom. The minimum absolute atomic E-state index is 0.117. The van der Waals surface area contributed by atoms with Gasteiger partial charge in [0, 0.05) is 24.6 Å². The molecule has 1 aromatic carbocycles. The number of halogens is 1. The number of aliphatic hydroxyl groups is 1. The van der Waals surface area contributed by atoms with Crippen molar-refractivity contribution in [3.63, 3.8) is 0 Å². The zero-order valence-electron chi connectivity index (χ0n) is 8.46. The van der Waals surface area contributed by atoms with Gasteiger partial charge >= 0.3 is 0 Å². The summed E-state index contributed by atoms with van der Waals surface area (Å²) in [7, 11) is 1.66. The lowest BCUT2D eigenvalue weighted by molar-refractivity contribution is -0.0179. The summed E-state index contributed by atoms with van der Waals surface area (Å²) in [5.41, 5.74) is 0.644. The predicted molar refractivity (Wildman–Crippen MR) is 60.2 cm³/mol. The lowest BCUT2D eigenvalue weighted by Gasteiger charge is -2.28. The average molecular weight is 259 g/mol. The third kappa shape index (κ3) is 2.35. The van der Waals surface area contributed by atoms with E-state index in [9.17, 15) is 0 Å². The van der Waals surface area contributed by atoms with Crippen molar-refractivity contribution in [1.82, 2.24) is 0 Å². The van der Waals surface area contributed by atoms with E-state index in [0.717, 1.165) is 10.0 Å². The van der Waals surface area contributed by atoms with Gasteiger partial charge in [0.05, 0.1) is 5.60 Å². The summed E-state index contributed by atoms with van der Waals surface area (Å²) in [5.74, 6) is 0. The van der Waals surface area contributed by atoms with Crippen LogP contribution in [0.3, 0.4) is 0 Å². The van der Waals surface area contributed by atoms with E-state index in [2.05, 4.69) is 15.9 Å². The van der Waals surface area contributed by atoms with Crippen molar-refractivity contribution < 1.29 is 9.84 Å². The van der Waals surface area contributed by atoms with Crippen LogP contribution < -0.4 is 0 Å². The fraction of sp³-hybridized carbons (Fsp3) is 0.455. The smallest absolute Gasteiger partial charge is 0.0932 e. The quantitative estimate of drug-likeness (QED) is 0.900. The highest BCUT2D eigenvalue weighted by atomic mass is 79.9. The van der Waals surface area contributed by atoms with E-state index in [-0.39, 0.29) is 6.61 Å². The molecule has 1 atom stereocenters. The second-order valence-corrected chi connectivity index (χ2v) is 4.24. The minimum Gasteiger partial charge on any atom is -0.396 e. The van der Waals surface area contributed by atoms with Crippen LogP contribution in [0.5, 0.6) is 0 Å². The van der Waals surface area contributed by atoms with E-state index in [0.29, 0.717) is 6.42 Å². The Bertz CT molecular complexity index is 301. The van der Waals surface area contributed by atoms with Gasteiger partial charge in [-0.15, -0.1) is 0 Å². The van der Waals surface area contributed by atoms with Crippen LogP contribution in [0.4, 0.5) is 0 Å². The number of hydrogen-bond acceptors (Lipinski definition) is 2. The third-order valence-corrected chi connectivity index (χ3v) is 3.17. The number of rotatable bonds is 4. The van der Waals surface area contributed by atoms with Gasteiger partial charge in [0.15, 0.2) is 0 Å². The molecule has 0 bridgehead atoms. The van der Waals surface area contributed by atoms with Crippen molar-refractivity contribution >= 4 is 15.9 Å². The first-order chi connectivity index (χ1) is 6.64. The highest BCUT2D eigenvalue weighted by molar-refractivity contribution is 9.10. The third-order valence-electron chi connectivity index (χ3n) is 2.48. The van der Waals surface area contributed by atoms with Crippen molar-refractivity contribution in [3.8, 4) is 0 Å². The molecule has 1 unspecified atom stereocenters. The Kier molecular flexibility index (Phi) is 4.11. The van der Waals surface area contributed by atoms with Crippen molar-refractivity contribution in [2.24, 2.45) is 0 Å². The molecule has 0 aromatic heterocycles. The summed E-state index contributed by atoms with van der Waals surface area (Å²) < 4.78 is 6.47. The number of hydrogen-bond donors (Lipinski definition) is 1. The molecule has 1 aromatic rings. The van der Waals surface area contributed by atoms with Gasteiger partial charge < -0.3 is 9.84 Å². The van der Waals surface area contributed by atoms with Crippen LogP contribution >= 0.6 is 15.9 Å². The Morgan fingerprint density at radius 1 is 1.43 bits per heavy atom. The summed E-state index contributed by atoms with van der Waals surface area (Å²) in [6.07, 6.45) is 0.589. The van der Waals surface area contributed by atoms with E-state index in [1.807, 2.05) is 31.2 Å². The molecule has 0 radical (unpaired) electrons. The summed E-state index contributed by atoms with van der Waals surface area (Å²) >= 11 is 3.48. The predicted octanol–water partition coefficient (Wildman–Crippen LogP) is 2.69. The summed E-state index contributed by atoms with van der Waals surface area (Å²) in [6, 6.07) is 7.91. The number of ether oxygens (including phenoxy) is 1. The summed E-state index contributed by atoms with van der Waals surface area (Å²) in [6.45, 7) is 2.09. The van der Waals surface area contributed by atoms with Crippen LogP contribution in [0.1, 0.15) is 18.9 Å². The van der Waals surface area contributed by atoms with E-state index in [4.69, 9.17) is 9.84 Å². The molecular weight excluding hydrogens is 244 g/mol. The zero-order valence-corrected chi connectivity index (χ0v) is 10.0. The van der Waals surface area contributed by atoms with Crippen molar-refractivity contribution in [2.75, 3.05) is 13.7 Å². The molecule has 0 amide bonds. The molecule has 0 aliphatic carbocycles. The highest BCUT2D eigenvalue weighted by Crippen LogP contribution is 2.33. The maximum Gasteiger partial charge on any atom is 0.0932 e. The van der Waals surface area contributed by atoms with Crippen LogP contribution in [0.2, 0.25) is 0 Å². The Balaban J connectivity index is 3.05. The van der Waals surface area contributed by atoms with Crippen LogP contribution in [0, 0.1) is 0 Å². The van der Waals surface area contributed by atoms with Gasteiger partial charge in [-0.05, 0) is 18.6 Å². The standard InChI is InChI=1S/C11H15BrO2/c1-11(14-2,7-8-13)9-5-3-4-6-10(9)12/h3-6,13H,7-8H2,1-2H3. The normalized spacial score (nSPS) is 15.1. The van der Waals surface area contributed by atoms with Gasteiger partial charge in [0.1, 0.15) is 0 Å². The molecule has 0 fully saturated rings. The minimum atomic E-state index is -0.422. The molecule has 78 valence electrons. The largest absolute Gasteiger partial charge is 0.396 e. The fourth-order valence-electron chi connectivity index (χ4n) is 1.45. The maximum atomic E-state index is 8.99. The van der Waals surface area contributed by atoms with Gasteiger partial charge in [0.2, 0.25) is 0 Å². The molecule has 0 aliphatic rings. The second kappa shape index (κ2) is 4.91. The van der Waals surface area contributed by atoms with E-state index >= 15 is 0 Å². The molecule has 0 saturated carbocycles. The lowest BCUT2D eigenvalue weighted by Crippen LogP contribution is -2.26. The van der Waals surface area contributed by atoms with Crippen LogP contribution in [0.15, 0.2) is 28.7 Å². The summed E-state index contributed by atoms with van der Waals surface area (Å²) in [5, 5.41) is 8.99. The fourth-order valence-corrected chi connectivity index (χ4v) is 2.15. The number of benzene rings is 1. The molecule has 0 aliphatic heterocycles. The van der Waals surface area contributed by atoms with E-state index in [1.54, 1.807) is 7.11 Å². The Labute approximate surface area is 93.0 Å². The zero-order chi connectivity index (χ0) is 10.6. The molecule has 3 heteroatoms. The number of aliphatic hydroxyl groups excluding tert-OH is 1. The molecule has 0 saturated heterocycles. The van der Waals surface area contributed by atoms with E-state index in [1.165, 1.54) is 0 Å². The molecule has 1 N–H and O–H groups in total. The van der Waals surface area contributed by atoms with Gasteiger partial charge in [-0.25, -0.2) is 0 Å². The molecule has 2 nitrogen and oxygen atoms in total. The first-order valence-electron chi connectivity index (χ1n) is 4.55. The van der Waals surface area contributed by atoms with Crippen LogP contribution in [-0.4, -0.2) is 18.8 Å². The van der Waals surface area contributed by atoms with Crippen LogP contribution in [-0.2, 0) is 10.3 Å². The first kappa shape index (κ1) is 11.7. The van der Waals surface area contributed by atoms with Gasteiger partial charge in [-0.2, -0.15) is 0 Å². The van der Waals surface area contributed by atoms with Crippen molar-refractivity contribution in [1.29, 1.82) is 0 Å². The average Bonchev–Trinajstić information content (AvgIpc) is 2.18. The van der Waals surface area contributed by atoms with Gasteiger partial charge in [-0.3, -0.25) is 0 Å². The topological polar surface area (TPSA) is 29.5 Å². The van der Waals surface area contributed by atoms with Crippen LogP contribution in [0.25, 0.3) is 0 Å². The van der Waals surface area contributed by atoms with Gasteiger partial charge in [-0.1, -0.05) is 34.1 Å². The Morgan fingerprint density at radius 3 is 2.57 bits per heavy atom. The maximum absolute atomic E-state index is 8.99. The number of methoxy groups -OCH3 is 1. The van der Waals surface area contributed by atoms with Gasteiger partial charge in [0.25, 0.3) is 0 Å². The molecule has 14 heavy (non-hydrogen) atoms. The summed E-state index contributed by atoms with van der Waals surface area (Å²) in [4.78, 5) is 0. The first-order valence-corrected chi connectivity index (χ1v) is 5.34. The van der Waals surface area contributed by atoms with Crippen molar-refractivity contribution in [3.05, 3.63) is 34.3 Å². The monoisotopic (exact) mass is 258 g/mol. The molecular formula is C11H15BrO2.